The van der Waals surface area contributed by atoms with Crippen LogP contribution in [0.4, 0.5) is 0 Å². The highest BCUT2D eigenvalue weighted by Crippen LogP contribution is 2.27. The molecule has 1 amide bonds. The summed E-state index contributed by atoms with van der Waals surface area (Å²) in [6, 6.07) is -0.195. The monoisotopic (exact) mass is 291 g/mol. The van der Waals surface area contributed by atoms with Crippen LogP contribution in [0.3, 0.4) is 0 Å². The first-order valence-corrected chi connectivity index (χ1v) is 8.38. The minimum Gasteiger partial charge on any atom is -0.481 e. The van der Waals surface area contributed by atoms with Crippen molar-refractivity contribution in [3.8, 4) is 0 Å². The largest absolute Gasteiger partial charge is 0.481 e. The van der Waals surface area contributed by atoms with Gasteiger partial charge in [-0.3, -0.25) is 9.59 Å². The van der Waals surface area contributed by atoms with Crippen LogP contribution in [0.1, 0.15) is 39.0 Å². The van der Waals surface area contributed by atoms with Gasteiger partial charge < -0.3 is 10.4 Å². The van der Waals surface area contributed by atoms with E-state index in [9.17, 15) is 18.0 Å². The third-order valence-corrected chi connectivity index (χ3v) is 4.88. The number of aliphatic carboxylic acids is 1. The van der Waals surface area contributed by atoms with Crippen molar-refractivity contribution in [3.63, 3.8) is 0 Å². The molecule has 1 saturated carbocycles. The lowest BCUT2D eigenvalue weighted by atomic mass is 9.80. The Hall–Kier alpha value is -1.11. The summed E-state index contributed by atoms with van der Waals surface area (Å²) in [6.45, 7) is 1.98. The number of sulfone groups is 1. The van der Waals surface area contributed by atoms with Crippen molar-refractivity contribution >= 4 is 21.7 Å². The van der Waals surface area contributed by atoms with Gasteiger partial charge in [0.15, 0.2) is 9.84 Å². The highest BCUT2D eigenvalue weighted by atomic mass is 32.2. The summed E-state index contributed by atoms with van der Waals surface area (Å²) in [5.74, 6) is -2.25. The van der Waals surface area contributed by atoms with E-state index in [0.29, 0.717) is 19.3 Å². The van der Waals surface area contributed by atoms with Gasteiger partial charge in [0.2, 0.25) is 5.91 Å². The minimum absolute atomic E-state index is 0.0384. The number of carbonyl (C=O) groups excluding carboxylic acids is 1. The van der Waals surface area contributed by atoms with Crippen LogP contribution in [0.25, 0.3) is 0 Å². The van der Waals surface area contributed by atoms with E-state index in [2.05, 4.69) is 5.32 Å². The van der Waals surface area contributed by atoms with Gasteiger partial charge in [-0.1, -0.05) is 19.8 Å². The molecule has 6 nitrogen and oxygen atoms in total. The molecule has 110 valence electrons. The standard InChI is InChI=1S/C12H21NO5S/c1-2-3-4-5-19(17,18)8-11(14)13-10-6-9(7-10)12(15)16/h9-10H,2-8H2,1H3,(H,13,14)(H,15,16). The first-order valence-electron chi connectivity index (χ1n) is 6.56. The highest BCUT2D eigenvalue weighted by Gasteiger charge is 2.35. The number of unbranched alkanes of at least 4 members (excludes halogenated alkanes) is 2. The molecule has 7 heteroatoms. The van der Waals surface area contributed by atoms with Gasteiger partial charge in [0.25, 0.3) is 0 Å². The van der Waals surface area contributed by atoms with E-state index in [0.717, 1.165) is 12.8 Å². The lowest BCUT2D eigenvalue weighted by Crippen LogP contribution is -2.48. The Morgan fingerprint density at radius 1 is 1.26 bits per heavy atom. The molecule has 0 saturated heterocycles. The van der Waals surface area contributed by atoms with Crippen molar-refractivity contribution in [1.29, 1.82) is 0 Å². The summed E-state index contributed by atoms with van der Waals surface area (Å²) in [6.07, 6.45) is 3.12. The van der Waals surface area contributed by atoms with E-state index in [4.69, 9.17) is 5.11 Å². The maximum absolute atomic E-state index is 11.6. The van der Waals surface area contributed by atoms with E-state index >= 15 is 0 Å². The molecule has 1 aliphatic carbocycles. The molecule has 2 N–H and O–H groups in total. The van der Waals surface area contributed by atoms with Crippen LogP contribution in [0.2, 0.25) is 0 Å². The first-order chi connectivity index (χ1) is 8.84. The van der Waals surface area contributed by atoms with Gasteiger partial charge in [0, 0.05) is 6.04 Å². The molecule has 0 aliphatic heterocycles. The fourth-order valence-corrected chi connectivity index (χ4v) is 3.32. The average molecular weight is 291 g/mol. The number of nitrogens with one attached hydrogen (secondary N) is 1. The fraction of sp³-hybridized carbons (Fsp3) is 0.833. The van der Waals surface area contributed by atoms with Crippen LogP contribution in [-0.2, 0) is 19.4 Å². The smallest absolute Gasteiger partial charge is 0.306 e. The topological polar surface area (TPSA) is 101 Å². The third kappa shape index (κ3) is 5.59. The van der Waals surface area contributed by atoms with Crippen LogP contribution in [0, 0.1) is 5.92 Å². The zero-order chi connectivity index (χ0) is 14.5. The summed E-state index contributed by atoms with van der Waals surface area (Å²) < 4.78 is 23.2. The number of carbonyl (C=O) groups is 2. The van der Waals surface area contributed by atoms with Crippen LogP contribution >= 0.6 is 0 Å². The molecule has 0 unspecified atom stereocenters. The Labute approximate surface area is 113 Å². The quantitative estimate of drug-likeness (QED) is 0.637. The van der Waals surface area contributed by atoms with Gasteiger partial charge >= 0.3 is 5.97 Å². The summed E-state index contributed by atoms with van der Waals surface area (Å²) in [5.41, 5.74) is 0. The molecule has 0 bridgehead atoms. The number of carboxylic acid groups (broad SMARTS) is 1. The number of amides is 1. The van der Waals surface area contributed by atoms with Crippen molar-refractivity contribution in [1.82, 2.24) is 5.32 Å². The van der Waals surface area contributed by atoms with Crippen molar-refractivity contribution < 1.29 is 23.1 Å². The van der Waals surface area contributed by atoms with E-state index in [1.54, 1.807) is 0 Å². The van der Waals surface area contributed by atoms with E-state index < -0.39 is 33.4 Å². The van der Waals surface area contributed by atoms with E-state index in [-0.39, 0.29) is 11.8 Å². The Kier molecular flexibility index (Phi) is 5.78. The second-order valence-electron chi connectivity index (χ2n) is 5.07. The van der Waals surface area contributed by atoms with Crippen LogP contribution in [0.5, 0.6) is 0 Å². The van der Waals surface area contributed by atoms with E-state index in [1.165, 1.54) is 0 Å². The van der Waals surface area contributed by atoms with Gasteiger partial charge in [-0.25, -0.2) is 8.42 Å². The predicted molar refractivity (Wildman–Crippen MR) is 70.5 cm³/mol. The number of hydrogen-bond donors (Lipinski definition) is 2. The molecule has 0 atom stereocenters. The maximum atomic E-state index is 11.6. The summed E-state index contributed by atoms with van der Waals surface area (Å²) in [4.78, 5) is 22.1. The lowest BCUT2D eigenvalue weighted by Gasteiger charge is -2.32. The summed E-state index contributed by atoms with van der Waals surface area (Å²) in [7, 11) is -3.34. The zero-order valence-corrected chi connectivity index (χ0v) is 11.9. The molecular formula is C12H21NO5S. The van der Waals surface area contributed by atoms with Gasteiger partial charge in [0.05, 0.1) is 11.7 Å². The minimum atomic E-state index is -3.34. The Bertz CT molecular complexity index is 425. The normalized spacial score (nSPS) is 22.6. The molecular weight excluding hydrogens is 270 g/mol. The molecule has 0 spiro atoms. The zero-order valence-electron chi connectivity index (χ0n) is 11.1. The second kappa shape index (κ2) is 6.88. The molecule has 19 heavy (non-hydrogen) atoms. The van der Waals surface area contributed by atoms with Crippen molar-refractivity contribution in [2.45, 2.75) is 45.1 Å². The Morgan fingerprint density at radius 2 is 1.89 bits per heavy atom. The SMILES string of the molecule is CCCCCS(=O)(=O)CC(=O)NC1CC(C(=O)O)C1. The number of carboxylic acids is 1. The van der Waals surface area contributed by atoms with E-state index in [1.807, 2.05) is 6.92 Å². The predicted octanol–water partition coefficient (Wildman–Crippen LogP) is 0.571. The van der Waals surface area contributed by atoms with Crippen molar-refractivity contribution in [2.75, 3.05) is 11.5 Å². The molecule has 0 aromatic rings. The second-order valence-corrected chi connectivity index (χ2v) is 7.25. The Balaban J connectivity index is 2.26. The van der Waals surface area contributed by atoms with Crippen LogP contribution < -0.4 is 5.32 Å². The summed E-state index contributed by atoms with van der Waals surface area (Å²) in [5, 5.41) is 11.2. The fourth-order valence-electron chi connectivity index (χ4n) is 2.05. The average Bonchev–Trinajstić information content (AvgIpc) is 2.21. The van der Waals surface area contributed by atoms with Crippen molar-refractivity contribution in [3.05, 3.63) is 0 Å². The van der Waals surface area contributed by atoms with Gasteiger partial charge in [-0.2, -0.15) is 0 Å². The molecule has 0 radical (unpaired) electrons. The van der Waals surface area contributed by atoms with Crippen LogP contribution in [-0.4, -0.2) is 42.9 Å². The summed E-state index contributed by atoms with van der Waals surface area (Å²) >= 11 is 0. The Morgan fingerprint density at radius 3 is 2.42 bits per heavy atom. The molecule has 0 heterocycles. The molecule has 1 aliphatic rings. The molecule has 0 aromatic carbocycles. The third-order valence-electron chi connectivity index (χ3n) is 3.26. The van der Waals surface area contributed by atoms with Gasteiger partial charge in [0.1, 0.15) is 5.75 Å². The molecule has 1 fully saturated rings. The number of hydrogen-bond acceptors (Lipinski definition) is 4. The maximum Gasteiger partial charge on any atom is 0.306 e. The number of rotatable bonds is 8. The highest BCUT2D eigenvalue weighted by molar-refractivity contribution is 7.92. The lowest BCUT2D eigenvalue weighted by molar-refractivity contribution is -0.146. The van der Waals surface area contributed by atoms with Gasteiger partial charge in [-0.05, 0) is 19.3 Å². The van der Waals surface area contributed by atoms with Crippen LogP contribution in [0.15, 0.2) is 0 Å². The molecule has 0 aromatic heterocycles. The first kappa shape index (κ1) is 15.9. The van der Waals surface area contributed by atoms with Crippen molar-refractivity contribution in [2.24, 2.45) is 5.92 Å². The van der Waals surface area contributed by atoms with Gasteiger partial charge in [-0.15, -0.1) is 0 Å². The molecule has 1 rings (SSSR count).